The van der Waals surface area contributed by atoms with Crippen molar-refractivity contribution < 1.29 is 4.42 Å². The lowest BCUT2D eigenvalue weighted by Gasteiger charge is -2.11. The lowest BCUT2D eigenvalue weighted by molar-refractivity contribution is -0.442. The molecule has 2 aliphatic carbocycles. The van der Waals surface area contributed by atoms with Crippen molar-refractivity contribution >= 4 is 5.78 Å². The topological polar surface area (TPSA) is 11.3 Å². The average Bonchev–Trinajstić information content (AvgIpc) is 2.62. The maximum atomic E-state index is 5.52. The molecule has 0 unspecified atom stereocenters. The number of hydrogen-bond donors (Lipinski definition) is 0. The zero-order valence-corrected chi connectivity index (χ0v) is 7.55. The normalized spacial score (nSPS) is 22.6. The molecule has 2 aliphatic rings. The first-order valence-corrected chi connectivity index (χ1v) is 4.51. The van der Waals surface area contributed by atoms with Gasteiger partial charge in [0.05, 0.1) is 0 Å². The molecule has 0 aliphatic heterocycles. The third-order valence-corrected chi connectivity index (χ3v) is 2.17. The van der Waals surface area contributed by atoms with Gasteiger partial charge in [-0.15, -0.1) is 11.6 Å². The van der Waals surface area contributed by atoms with Gasteiger partial charge in [0, 0.05) is 6.08 Å². The Morgan fingerprint density at radius 3 is 3.38 bits per heavy atom. The molecule has 13 heavy (non-hydrogen) atoms. The molecule has 0 heterocycles. The second kappa shape index (κ2) is 3.56. The minimum absolute atomic E-state index is 0.568. The predicted octanol–water partition coefficient (Wildman–Crippen LogP) is 2.30. The van der Waals surface area contributed by atoms with Crippen LogP contribution in [-0.4, -0.2) is 12.4 Å². The Balaban J connectivity index is 2.27. The van der Waals surface area contributed by atoms with Gasteiger partial charge in [0.15, 0.2) is 0 Å². The van der Waals surface area contributed by atoms with Crippen LogP contribution in [0, 0.1) is 6.08 Å². The zero-order valence-electron chi connectivity index (χ0n) is 7.55. The van der Waals surface area contributed by atoms with E-state index in [0.29, 0.717) is 6.61 Å². The van der Waals surface area contributed by atoms with E-state index in [1.54, 1.807) is 6.08 Å². The number of rotatable bonds is 2. The third-order valence-electron chi connectivity index (χ3n) is 2.17. The Kier molecular flexibility index (Phi) is 2.26. The lowest BCUT2D eigenvalue weighted by Crippen LogP contribution is -2.06. The molecule has 0 bridgehead atoms. The molecular formula is C12H12O. The minimum Gasteiger partial charge on any atom is -0.310 e. The van der Waals surface area contributed by atoms with Crippen molar-refractivity contribution in [2.45, 2.75) is 12.8 Å². The highest BCUT2D eigenvalue weighted by Crippen LogP contribution is 2.27. The van der Waals surface area contributed by atoms with Gasteiger partial charge in [0.25, 0.3) is 6.61 Å². The summed E-state index contributed by atoms with van der Waals surface area (Å²) in [6.07, 6.45) is 13.3. The lowest BCUT2D eigenvalue weighted by atomic mass is 10.0. The smallest absolute Gasteiger partial charge is 0.266 e. The molecule has 0 saturated carbocycles. The highest BCUT2D eigenvalue weighted by molar-refractivity contribution is 6.09. The van der Waals surface area contributed by atoms with E-state index in [0.717, 1.165) is 24.2 Å². The van der Waals surface area contributed by atoms with Crippen molar-refractivity contribution in [1.82, 2.24) is 0 Å². The van der Waals surface area contributed by atoms with Crippen molar-refractivity contribution in [3.05, 3.63) is 48.1 Å². The van der Waals surface area contributed by atoms with E-state index in [9.17, 15) is 0 Å². The van der Waals surface area contributed by atoms with Crippen LogP contribution >= 0.6 is 0 Å². The molecule has 0 aromatic carbocycles. The quantitative estimate of drug-likeness (QED) is 0.344. The van der Waals surface area contributed by atoms with Crippen molar-refractivity contribution in [3.8, 4) is 0 Å². The molecule has 0 aromatic heterocycles. The average molecular weight is 172 g/mol. The van der Waals surface area contributed by atoms with Gasteiger partial charge in [-0.3, -0.25) is 0 Å². The van der Waals surface area contributed by atoms with E-state index in [1.165, 1.54) is 5.57 Å². The fourth-order valence-corrected chi connectivity index (χ4v) is 1.58. The third kappa shape index (κ3) is 1.55. The van der Waals surface area contributed by atoms with Gasteiger partial charge in [-0.2, -0.15) is 6.08 Å². The molecule has 0 aromatic rings. The number of allylic oxidation sites excluding steroid dienone is 6. The van der Waals surface area contributed by atoms with E-state index in [1.807, 2.05) is 12.2 Å². The maximum Gasteiger partial charge on any atom is 0.266 e. The Bertz CT molecular complexity index is 340. The van der Waals surface area contributed by atoms with Gasteiger partial charge in [0.2, 0.25) is 5.78 Å². The highest BCUT2D eigenvalue weighted by atomic mass is 16.4. The first kappa shape index (κ1) is 8.24. The highest BCUT2D eigenvalue weighted by Gasteiger charge is 2.14. The van der Waals surface area contributed by atoms with Crippen molar-refractivity contribution in [1.29, 1.82) is 0 Å². The van der Waals surface area contributed by atoms with Crippen LogP contribution in [0.4, 0.5) is 0 Å². The van der Waals surface area contributed by atoms with Gasteiger partial charge >= 0.3 is 0 Å². The van der Waals surface area contributed by atoms with Crippen LogP contribution in [0.25, 0.3) is 0 Å². The predicted molar refractivity (Wildman–Crippen MR) is 53.3 cm³/mol. The minimum atomic E-state index is 0.568. The Morgan fingerprint density at radius 1 is 1.62 bits per heavy atom. The number of hydrogen-bond acceptors (Lipinski definition) is 0. The molecule has 0 atom stereocenters. The molecule has 1 heteroatoms. The van der Waals surface area contributed by atoms with E-state index in [2.05, 4.69) is 18.7 Å². The summed E-state index contributed by atoms with van der Waals surface area (Å²) in [5.74, 6) is 0.940. The van der Waals surface area contributed by atoms with E-state index >= 15 is 0 Å². The summed E-state index contributed by atoms with van der Waals surface area (Å²) >= 11 is 0. The second-order valence-corrected chi connectivity index (χ2v) is 3.07. The van der Waals surface area contributed by atoms with Gasteiger partial charge in [-0.05, 0) is 6.08 Å². The fraction of sp³-hybridized carbons (Fsp3) is 0.250. The number of fused-ring (bicyclic) bond motifs is 1. The first-order valence-electron chi connectivity index (χ1n) is 4.51. The molecule has 0 fully saturated rings. The molecule has 2 rings (SSSR count). The van der Waals surface area contributed by atoms with Gasteiger partial charge in [-0.1, -0.05) is 31.1 Å². The van der Waals surface area contributed by atoms with E-state index in [4.69, 9.17) is 4.42 Å². The standard InChI is InChI=1S/C12H12O/c1-2-9-13-12-8-4-6-10-5-3-7-11(10)12/h2,4,6,8H,1,3,5,9H2. The Labute approximate surface area is 78.5 Å². The summed E-state index contributed by atoms with van der Waals surface area (Å²) < 4.78 is 5.52. The summed E-state index contributed by atoms with van der Waals surface area (Å²) in [4.78, 5) is 0. The van der Waals surface area contributed by atoms with E-state index in [-0.39, 0.29) is 0 Å². The summed E-state index contributed by atoms with van der Waals surface area (Å²) in [7, 11) is 0. The van der Waals surface area contributed by atoms with Crippen LogP contribution < -0.4 is 0 Å². The molecule has 0 radical (unpaired) electrons. The van der Waals surface area contributed by atoms with Crippen molar-refractivity contribution in [2.75, 3.05) is 6.61 Å². The molecule has 0 saturated heterocycles. The van der Waals surface area contributed by atoms with Gasteiger partial charge < -0.3 is 4.42 Å². The molecule has 0 amide bonds. The van der Waals surface area contributed by atoms with Crippen LogP contribution in [0.1, 0.15) is 12.8 Å². The molecule has 1 nitrogen and oxygen atoms in total. The summed E-state index contributed by atoms with van der Waals surface area (Å²) in [5, 5.41) is 0. The maximum absolute atomic E-state index is 5.52. The van der Waals surface area contributed by atoms with E-state index < -0.39 is 0 Å². The second-order valence-electron chi connectivity index (χ2n) is 3.07. The summed E-state index contributed by atoms with van der Waals surface area (Å²) in [6.45, 7) is 4.19. The first-order chi connectivity index (χ1) is 6.42. The molecular weight excluding hydrogens is 160 g/mol. The number of carbonyl (C=O) groups excluding carboxylic acids is 1. The van der Waals surface area contributed by atoms with Crippen LogP contribution in [-0.2, 0) is 4.42 Å². The SMILES string of the molecule is C=CC[O+]=C1C=CC=C2CC[C-]=C21. The van der Waals surface area contributed by atoms with Crippen LogP contribution in [0.3, 0.4) is 0 Å². The number of ketones is 1. The van der Waals surface area contributed by atoms with Crippen LogP contribution in [0.15, 0.2) is 42.0 Å². The van der Waals surface area contributed by atoms with Crippen molar-refractivity contribution in [3.63, 3.8) is 0 Å². The van der Waals surface area contributed by atoms with Gasteiger partial charge in [0.1, 0.15) is 0 Å². The molecule has 66 valence electrons. The Hall–Kier alpha value is -1.37. The Morgan fingerprint density at radius 2 is 2.54 bits per heavy atom. The summed E-state index contributed by atoms with van der Waals surface area (Å²) in [6, 6.07) is 0. The van der Waals surface area contributed by atoms with Crippen LogP contribution in [0.2, 0.25) is 0 Å². The molecule has 0 N–H and O–H groups in total. The van der Waals surface area contributed by atoms with Crippen molar-refractivity contribution in [2.24, 2.45) is 0 Å². The molecule has 0 spiro atoms. The fourth-order valence-electron chi connectivity index (χ4n) is 1.58. The zero-order chi connectivity index (χ0) is 9.10. The summed E-state index contributed by atoms with van der Waals surface area (Å²) in [5.41, 5.74) is 2.51. The monoisotopic (exact) mass is 172 g/mol. The van der Waals surface area contributed by atoms with Crippen LogP contribution in [0.5, 0.6) is 0 Å². The largest absolute Gasteiger partial charge is 0.310 e. The van der Waals surface area contributed by atoms with Gasteiger partial charge in [-0.25, -0.2) is 0 Å².